The first-order valence-corrected chi connectivity index (χ1v) is 6.59. The molecule has 6 nitrogen and oxygen atoms in total. The van der Waals surface area contributed by atoms with E-state index in [0.29, 0.717) is 12.2 Å². The number of anilines is 1. The number of amides is 1. The Bertz CT molecular complexity index is 591. The first-order valence-electron chi connectivity index (χ1n) is 6.59. The Balaban J connectivity index is 2.37. The van der Waals surface area contributed by atoms with Gasteiger partial charge in [0.25, 0.3) is 0 Å². The van der Waals surface area contributed by atoms with E-state index in [-0.39, 0.29) is 19.0 Å². The third-order valence-corrected chi connectivity index (χ3v) is 3.13. The van der Waals surface area contributed by atoms with Crippen molar-refractivity contribution in [3.8, 4) is 5.75 Å². The molecule has 0 N–H and O–H groups in total. The van der Waals surface area contributed by atoms with Crippen molar-refractivity contribution in [2.45, 2.75) is 12.8 Å². The molecule has 0 unspecified atom stereocenters. The molecule has 1 aliphatic heterocycles. The molecule has 0 aliphatic carbocycles. The minimum absolute atomic E-state index is 0.158. The number of nitrogens with zero attached hydrogens (tertiary/aromatic N) is 1. The molecule has 1 aliphatic rings. The molecule has 0 atom stereocenters. The van der Waals surface area contributed by atoms with Crippen LogP contribution in [-0.4, -0.2) is 38.9 Å². The molecule has 8 heteroatoms. The Hall–Kier alpha value is -2.38. The summed E-state index contributed by atoms with van der Waals surface area (Å²) in [6.45, 7) is 1.82. The lowest BCUT2D eigenvalue weighted by Crippen LogP contribution is -2.29. The fraction of sp³-hybridized carbons (Fsp3) is 0.429. The Morgan fingerprint density at radius 2 is 2.18 bits per heavy atom. The summed E-state index contributed by atoms with van der Waals surface area (Å²) in [6, 6.07) is 3.60. The molecule has 1 saturated heterocycles. The summed E-state index contributed by atoms with van der Waals surface area (Å²) >= 11 is 0. The third-order valence-electron chi connectivity index (χ3n) is 3.13. The first kappa shape index (κ1) is 16.0. The van der Waals surface area contributed by atoms with Gasteiger partial charge in [0.05, 0.1) is 31.5 Å². The Labute approximate surface area is 125 Å². The van der Waals surface area contributed by atoms with Crippen LogP contribution in [0.3, 0.4) is 0 Å². The number of carbonyl (C=O) groups excluding carboxylic acids is 2. The summed E-state index contributed by atoms with van der Waals surface area (Å²) in [6.07, 6.45) is -0.563. The molecule has 0 bridgehead atoms. The summed E-state index contributed by atoms with van der Waals surface area (Å²) in [7, 11) is 1.20. The van der Waals surface area contributed by atoms with Crippen molar-refractivity contribution in [1.29, 1.82) is 0 Å². The van der Waals surface area contributed by atoms with Gasteiger partial charge in [-0.2, -0.15) is 8.78 Å². The van der Waals surface area contributed by atoms with Gasteiger partial charge in [0.15, 0.2) is 0 Å². The average Bonchev–Trinajstić information content (AvgIpc) is 2.92. The standard InChI is InChI=1S/C14H15F2NO5/c1-3-21-12(18)14(15,16)10-5-4-9(8-11(10)20-2)17-6-7-22-13(17)19/h4-5,8H,3,6-7H2,1-2H3. The topological polar surface area (TPSA) is 65.1 Å². The highest BCUT2D eigenvalue weighted by Gasteiger charge is 2.45. The molecule has 1 aromatic rings. The van der Waals surface area contributed by atoms with Crippen molar-refractivity contribution in [3.63, 3.8) is 0 Å². The lowest BCUT2D eigenvalue weighted by atomic mass is 10.1. The van der Waals surface area contributed by atoms with Crippen LogP contribution in [0.15, 0.2) is 18.2 Å². The molecule has 0 radical (unpaired) electrons. The number of hydrogen-bond donors (Lipinski definition) is 0. The first-order chi connectivity index (χ1) is 10.4. The average molecular weight is 315 g/mol. The second-order valence-corrected chi connectivity index (χ2v) is 4.45. The highest BCUT2D eigenvalue weighted by molar-refractivity contribution is 5.90. The highest BCUT2D eigenvalue weighted by Crippen LogP contribution is 2.38. The van der Waals surface area contributed by atoms with Crippen LogP contribution in [0.1, 0.15) is 12.5 Å². The van der Waals surface area contributed by atoms with Gasteiger partial charge in [-0.05, 0) is 19.1 Å². The van der Waals surface area contributed by atoms with E-state index in [1.54, 1.807) is 0 Å². The highest BCUT2D eigenvalue weighted by atomic mass is 19.3. The maximum Gasteiger partial charge on any atom is 0.414 e. The SMILES string of the molecule is CCOC(=O)C(F)(F)c1ccc(N2CCOC2=O)cc1OC. The third kappa shape index (κ3) is 2.81. The molecule has 22 heavy (non-hydrogen) atoms. The number of hydrogen-bond acceptors (Lipinski definition) is 5. The van der Waals surface area contributed by atoms with Crippen molar-refractivity contribution >= 4 is 17.7 Å². The number of carbonyl (C=O) groups is 2. The maximum absolute atomic E-state index is 14.1. The minimum atomic E-state index is -3.84. The maximum atomic E-state index is 14.1. The lowest BCUT2D eigenvalue weighted by molar-refractivity contribution is -0.173. The summed E-state index contributed by atoms with van der Waals surface area (Å²) in [5, 5.41) is 0. The van der Waals surface area contributed by atoms with Gasteiger partial charge in [0.1, 0.15) is 12.4 Å². The predicted octanol–water partition coefficient (Wildman–Crippen LogP) is 2.31. The number of alkyl halides is 2. The van der Waals surface area contributed by atoms with E-state index < -0.39 is 23.5 Å². The number of rotatable bonds is 5. The second kappa shape index (κ2) is 6.17. The molecular weight excluding hydrogens is 300 g/mol. The van der Waals surface area contributed by atoms with Crippen LogP contribution in [0.4, 0.5) is 19.3 Å². The zero-order valence-corrected chi connectivity index (χ0v) is 12.1. The quantitative estimate of drug-likeness (QED) is 0.780. The van der Waals surface area contributed by atoms with E-state index in [1.807, 2.05) is 0 Å². The fourth-order valence-corrected chi connectivity index (χ4v) is 2.07. The van der Waals surface area contributed by atoms with E-state index in [9.17, 15) is 18.4 Å². The second-order valence-electron chi connectivity index (χ2n) is 4.45. The van der Waals surface area contributed by atoms with Crippen LogP contribution in [0, 0.1) is 0 Å². The molecule has 120 valence electrons. The molecule has 1 amide bonds. The van der Waals surface area contributed by atoms with Gasteiger partial charge in [0, 0.05) is 6.07 Å². The van der Waals surface area contributed by atoms with E-state index in [1.165, 1.54) is 31.1 Å². The van der Waals surface area contributed by atoms with Gasteiger partial charge in [-0.3, -0.25) is 4.90 Å². The van der Waals surface area contributed by atoms with Gasteiger partial charge in [-0.15, -0.1) is 0 Å². The van der Waals surface area contributed by atoms with E-state index in [4.69, 9.17) is 9.47 Å². The van der Waals surface area contributed by atoms with Crippen molar-refractivity contribution in [3.05, 3.63) is 23.8 Å². The van der Waals surface area contributed by atoms with Crippen LogP contribution in [0.2, 0.25) is 0 Å². The Morgan fingerprint density at radius 1 is 1.45 bits per heavy atom. The van der Waals surface area contributed by atoms with Crippen molar-refractivity contribution < 1.29 is 32.6 Å². The molecule has 0 saturated carbocycles. The molecule has 1 heterocycles. The van der Waals surface area contributed by atoms with Crippen molar-refractivity contribution in [2.75, 3.05) is 31.8 Å². The molecule has 0 aromatic heterocycles. The van der Waals surface area contributed by atoms with Crippen LogP contribution in [0.25, 0.3) is 0 Å². The zero-order chi connectivity index (χ0) is 16.3. The number of benzene rings is 1. The van der Waals surface area contributed by atoms with Crippen LogP contribution >= 0.6 is 0 Å². The molecular formula is C14H15F2NO5. The number of esters is 1. The van der Waals surface area contributed by atoms with Gasteiger partial charge in [-0.1, -0.05) is 0 Å². The lowest BCUT2D eigenvalue weighted by Gasteiger charge is -2.20. The monoisotopic (exact) mass is 315 g/mol. The molecule has 0 spiro atoms. The van der Waals surface area contributed by atoms with Crippen LogP contribution in [0.5, 0.6) is 5.75 Å². The van der Waals surface area contributed by atoms with E-state index >= 15 is 0 Å². The van der Waals surface area contributed by atoms with E-state index in [2.05, 4.69) is 4.74 Å². The number of cyclic esters (lactones) is 1. The normalized spacial score (nSPS) is 14.7. The zero-order valence-electron chi connectivity index (χ0n) is 12.1. The van der Waals surface area contributed by atoms with Crippen LogP contribution < -0.4 is 9.64 Å². The van der Waals surface area contributed by atoms with E-state index in [0.717, 1.165) is 6.07 Å². The van der Waals surface area contributed by atoms with Crippen molar-refractivity contribution in [1.82, 2.24) is 0 Å². The Kier molecular flexibility index (Phi) is 4.48. The predicted molar refractivity (Wildman–Crippen MR) is 72.2 cm³/mol. The summed E-state index contributed by atoms with van der Waals surface area (Å²) in [5.41, 5.74) is -0.271. The summed E-state index contributed by atoms with van der Waals surface area (Å²) < 4.78 is 42.3. The number of ether oxygens (including phenoxy) is 3. The number of halogens is 2. The molecule has 2 rings (SSSR count). The summed E-state index contributed by atoms with van der Waals surface area (Å²) in [5.74, 6) is -5.71. The van der Waals surface area contributed by atoms with Crippen LogP contribution in [-0.2, 0) is 20.2 Å². The van der Waals surface area contributed by atoms with Gasteiger partial charge in [0.2, 0.25) is 0 Å². The fourth-order valence-electron chi connectivity index (χ4n) is 2.07. The smallest absolute Gasteiger partial charge is 0.414 e. The summed E-state index contributed by atoms with van der Waals surface area (Å²) in [4.78, 5) is 24.2. The largest absolute Gasteiger partial charge is 0.496 e. The van der Waals surface area contributed by atoms with Crippen molar-refractivity contribution in [2.24, 2.45) is 0 Å². The van der Waals surface area contributed by atoms with Gasteiger partial charge < -0.3 is 14.2 Å². The number of methoxy groups -OCH3 is 1. The van der Waals surface area contributed by atoms with Gasteiger partial charge >= 0.3 is 18.0 Å². The molecule has 1 aromatic carbocycles. The van der Waals surface area contributed by atoms with Gasteiger partial charge in [-0.25, -0.2) is 9.59 Å². The Morgan fingerprint density at radius 3 is 2.73 bits per heavy atom. The molecule has 1 fully saturated rings. The minimum Gasteiger partial charge on any atom is -0.496 e.